The van der Waals surface area contributed by atoms with Crippen LogP contribution in [-0.2, 0) is 5.41 Å². The van der Waals surface area contributed by atoms with Gasteiger partial charge >= 0.3 is 0 Å². The van der Waals surface area contributed by atoms with Gasteiger partial charge in [0, 0.05) is 6.04 Å². The van der Waals surface area contributed by atoms with Crippen LogP contribution in [0, 0.1) is 5.82 Å². The molecular weight excluding hydrogens is 241 g/mol. The molecule has 0 saturated carbocycles. The first-order valence-corrected chi connectivity index (χ1v) is 7.01. The molecule has 2 rings (SSSR count). The number of hydrogen-bond acceptors (Lipinski definition) is 2. The van der Waals surface area contributed by atoms with Crippen LogP contribution in [-0.4, -0.2) is 31.1 Å². The molecule has 0 unspecified atom stereocenters. The summed E-state index contributed by atoms with van der Waals surface area (Å²) in [5, 5.41) is 0. The number of likely N-dealkylation sites (tertiary alicyclic amines) is 1. The molecule has 3 heteroatoms. The predicted octanol–water partition coefficient (Wildman–Crippen LogP) is 3.60. The maximum atomic E-state index is 13.8. The molecule has 1 fully saturated rings. The second-order valence-corrected chi connectivity index (χ2v) is 6.48. The summed E-state index contributed by atoms with van der Waals surface area (Å²) in [6.45, 7) is 8.04. The molecule has 0 aliphatic carbocycles. The van der Waals surface area contributed by atoms with E-state index in [4.69, 9.17) is 4.74 Å². The Morgan fingerprint density at radius 2 is 2.11 bits per heavy atom. The zero-order valence-corrected chi connectivity index (χ0v) is 12.4. The van der Waals surface area contributed by atoms with E-state index < -0.39 is 0 Å². The summed E-state index contributed by atoms with van der Waals surface area (Å²) in [6.07, 6.45) is 2.34. The maximum absolute atomic E-state index is 13.8. The average molecular weight is 265 g/mol. The second-order valence-electron chi connectivity index (χ2n) is 6.48. The normalized spacial score (nSPS) is 20.8. The molecule has 1 saturated heterocycles. The lowest BCUT2D eigenvalue weighted by Crippen LogP contribution is -2.30. The van der Waals surface area contributed by atoms with Gasteiger partial charge in [-0.15, -0.1) is 0 Å². The molecule has 106 valence electrons. The van der Waals surface area contributed by atoms with Gasteiger partial charge in [-0.25, -0.2) is 4.39 Å². The molecule has 1 atom stereocenters. The Labute approximate surface area is 115 Å². The van der Waals surface area contributed by atoms with E-state index >= 15 is 0 Å². The highest BCUT2D eigenvalue weighted by Gasteiger charge is 2.22. The molecule has 1 heterocycles. The predicted molar refractivity (Wildman–Crippen MR) is 76.2 cm³/mol. The first-order chi connectivity index (χ1) is 8.88. The first kappa shape index (κ1) is 14.3. The number of rotatable bonds is 3. The van der Waals surface area contributed by atoms with E-state index in [1.54, 1.807) is 0 Å². The second kappa shape index (κ2) is 5.49. The molecule has 1 aromatic rings. The van der Waals surface area contributed by atoms with Crippen LogP contribution in [0.3, 0.4) is 0 Å². The Hall–Kier alpha value is -1.09. The third-order valence-electron chi connectivity index (χ3n) is 3.90. The molecule has 0 amide bonds. The summed E-state index contributed by atoms with van der Waals surface area (Å²) < 4.78 is 19.5. The number of hydrogen-bond donors (Lipinski definition) is 0. The monoisotopic (exact) mass is 265 g/mol. The van der Waals surface area contributed by atoms with Gasteiger partial charge in [0.1, 0.15) is 6.61 Å². The molecule has 1 aliphatic rings. The van der Waals surface area contributed by atoms with Crippen LogP contribution in [0.4, 0.5) is 4.39 Å². The largest absolute Gasteiger partial charge is 0.489 e. The van der Waals surface area contributed by atoms with Crippen molar-refractivity contribution in [3.8, 4) is 5.75 Å². The fourth-order valence-electron chi connectivity index (χ4n) is 2.46. The third-order valence-corrected chi connectivity index (χ3v) is 3.90. The van der Waals surface area contributed by atoms with Crippen molar-refractivity contribution >= 4 is 0 Å². The van der Waals surface area contributed by atoms with Crippen molar-refractivity contribution in [2.24, 2.45) is 0 Å². The van der Waals surface area contributed by atoms with Crippen LogP contribution in [0.25, 0.3) is 0 Å². The van der Waals surface area contributed by atoms with E-state index in [0.717, 1.165) is 18.5 Å². The van der Waals surface area contributed by atoms with Gasteiger partial charge in [0.15, 0.2) is 11.6 Å². The lowest BCUT2D eigenvalue weighted by atomic mass is 9.87. The minimum Gasteiger partial charge on any atom is -0.489 e. The lowest BCUT2D eigenvalue weighted by molar-refractivity contribution is 0.192. The smallest absolute Gasteiger partial charge is 0.165 e. The Morgan fingerprint density at radius 3 is 2.68 bits per heavy atom. The van der Waals surface area contributed by atoms with Crippen molar-refractivity contribution in [1.82, 2.24) is 4.90 Å². The van der Waals surface area contributed by atoms with E-state index in [1.165, 1.54) is 12.5 Å². The van der Waals surface area contributed by atoms with Crippen LogP contribution in [0.1, 0.15) is 39.2 Å². The highest BCUT2D eigenvalue weighted by molar-refractivity contribution is 5.34. The SMILES string of the molecule is CN1CCC[C@@H]1COc1cc(C(C)(C)C)ccc1F. The van der Waals surface area contributed by atoms with Crippen molar-refractivity contribution < 1.29 is 9.13 Å². The van der Waals surface area contributed by atoms with Crippen LogP contribution in [0.5, 0.6) is 5.75 Å². The minimum absolute atomic E-state index is 0.00988. The van der Waals surface area contributed by atoms with Crippen molar-refractivity contribution in [3.05, 3.63) is 29.6 Å². The fraction of sp³-hybridized carbons (Fsp3) is 0.625. The van der Waals surface area contributed by atoms with Crippen LogP contribution >= 0.6 is 0 Å². The molecule has 2 nitrogen and oxygen atoms in total. The van der Waals surface area contributed by atoms with Crippen molar-refractivity contribution in [1.29, 1.82) is 0 Å². The zero-order chi connectivity index (χ0) is 14.0. The molecule has 0 radical (unpaired) electrons. The number of benzene rings is 1. The van der Waals surface area contributed by atoms with Gasteiger partial charge in [-0.05, 0) is 49.5 Å². The van der Waals surface area contributed by atoms with Crippen molar-refractivity contribution in [2.45, 2.75) is 45.1 Å². The van der Waals surface area contributed by atoms with E-state index in [-0.39, 0.29) is 11.2 Å². The van der Waals surface area contributed by atoms with Gasteiger partial charge in [-0.2, -0.15) is 0 Å². The number of nitrogens with zero attached hydrogens (tertiary/aromatic N) is 1. The van der Waals surface area contributed by atoms with Crippen LogP contribution in [0.15, 0.2) is 18.2 Å². The molecule has 0 N–H and O–H groups in total. The van der Waals surface area contributed by atoms with E-state index in [9.17, 15) is 4.39 Å². The third kappa shape index (κ3) is 3.47. The Balaban J connectivity index is 2.07. The van der Waals surface area contributed by atoms with Gasteiger partial charge in [0.2, 0.25) is 0 Å². The summed E-state index contributed by atoms with van der Waals surface area (Å²) >= 11 is 0. The maximum Gasteiger partial charge on any atom is 0.165 e. The van der Waals surface area contributed by atoms with Gasteiger partial charge in [-0.3, -0.25) is 0 Å². The van der Waals surface area contributed by atoms with E-state index in [0.29, 0.717) is 18.4 Å². The van der Waals surface area contributed by atoms with Gasteiger partial charge < -0.3 is 9.64 Å². The van der Waals surface area contributed by atoms with E-state index in [1.807, 2.05) is 12.1 Å². The fourth-order valence-corrected chi connectivity index (χ4v) is 2.46. The quantitative estimate of drug-likeness (QED) is 0.828. The summed E-state index contributed by atoms with van der Waals surface area (Å²) in [6, 6.07) is 5.60. The average Bonchev–Trinajstić information content (AvgIpc) is 2.72. The summed E-state index contributed by atoms with van der Waals surface area (Å²) in [7, 11) is 2.10. The topological polar surface area (TPSA) is 12.5 Å². The number of halogens is 1. The molecule has 19 heavy (non-hydrogen) atoms. The van der Waals surface area contributed by atoms with Gasteiger partial charge in [0.05, 0.1) is 0 Å². The van der Waals surface area contributed by atoms with Crippen molar-refractivity contribution in [3.63, 3.8) is 0 Å². The highest BCUT2D eigenvalue weighted by atomic mass is 19.1. The van der Waals surface area contributed by atoms with Gasteiger partial charge in [-0.1, -0.05) is 26.8 Å². The molecule has 0 bridgehead atoms. The molecule has 0 spiro atoms. The van der Waals surface area contributed by atoms with E-state index in [2.05, 4.69) is 32.7 Å². The number of ether oxygens (including phenoxy) is 1. The summed E-state index contributed by atoms with van der Waals surface area (Å²) in [5.41, 5.74) is 1.11. The molecule has 1 aliphatic heterocycles. The summed E-state index contributed by atoms with van der Waals surface area (Å²) in [4.78, 5) is 2.28. The molecule has 1 aromatic carbocycles. The Bertz CT molecular complexity index is 439. The zero-order valence-electron chi connectivity index (χ0n) is 12.4. The van der Waals surface area contributed by atoms with Crippen LogP contribution in [0.2, 0.25) is 0 Å². The van der Waals surface area contributed by atoms with Gasteiger partial charge in [0.25, 0.3) is 0 Å². The van der Waals surface area contributed by atoms with Crippen LogP contribution < -0.4 is 4.74 Å². The lowest BCUT2D eigenvalue weighted by Gasteiger charge is -2.22. The standard InChI is InChI=1S/C16H24FNO/c1-16(2,3)12-7-8-14(17)15(10-12)19-11-13-6-5-9-18(13)4/h7-8,10,13H,5-6,9,11H2,1-4H3/t13-/m1/s1. The molecular formula is C16H24FNO. The summed E-state index contributed by atoms with van der Waals surface area (Å²) in [5.74, 6) is 0.112. The minimum atomic E-state index is -0.270. The Morgan fingerprint density at radius 1 is 1.37 bits per heavy atom. The highest BCUT2D eigenvalue weighted by Crippen LogP contribution is 2.28. The first-order valence-electron chi connectivity index (χ1n) is 7.01. The van der Waals surface area contributed by atoms with Crippen molar-refractivity contribution in [2.75, 3.05) is 20.2 Å². The molecule has 0 aromatic heterocycles. The number of likely N-dealkylation sites (N-methyl/N-ethyl adjacent to an activating group) is 1. The Kier molecular flexibility index (Phi) is 4.14.